The molecule has 0 atom stereocenters. The van der Waals surface area contributed by atoms with Crippen molar-refractivity contribution in [3.8, 4) is 0 Å². The SMILES string of the molecule is C=C(S/C=C(\C)Cc1cc(C)c(I)cc1C)c1ccc(F)cc1C(F)(F)F. The summed E-state index contributed by atoms with van der Waals surface area (Å²) < 4.78 is 53.9. The van der Waals surface area contributed by atoms with E-state index in [0.29, 0.717) is 12.5 Å². The van der Waals surface area contributed by atoms with E-state index in [9.17, 15) is 17.6 Å². The summed E-state index contributed by atoms with van der Waals surface area (Å²) in [6, 6.07) is 6.91. The lowest BCUT2D eigenvalue weighted by Gasteiger charge is -2.14. The van der Waals surface area contributed by atoms with Crippen molar-refractivity contribution < 1.29 is 17.6 Å². The Hall–Kier alpha value is -1.28. The van der Waals surface area contributed by atoms with Crippen molar-refractivity contribution in [1.82, 2.24) is 0 Å². The van der Waals surface area contributed by atoms with Crippen LogP contribution in [0.3, 0.4) is 0 Å². The number of halogens is 5. The molecular weight excluding hydrogens is 487 g/mol. The first-order chi connectivity index (χ1) is 12.5. The summed E-state index contributed by atoms with van der Waals surface area (Å²) in [6.07, 6.45) is -3.92. The topological polar surface area (TPSA) is 0 Å². The van der Waals surface area contributed by atoms with Gasteiger partial charge in [-0.15, -0.1) is 0 Å². The summed E-state index contributed by atoms with van der Waals surface area (Å²) in [4.78, 5) is 0.234. The molecule has 0 saturated carbocycles. The van der Waals surface area contributed by atoms with Gasteiger partial charge in [0.1, 0.15) is 5.82 Å². The number of hydrogen-bond donors (Lipinski definition) is 0. The summed E-state index contributed by atoms with van der Waals surface area (Å²) in [5.41, 5.74) is 3.47. The van der Waals surface area contributed by atoms with Gasteiger partial charge in [-0.3, -0.25) is 0 Å². The number of alkyl halides is 3. The minimum Gasteiger partial charge on any atom is -0.207 e. The second-order valence-electron chi connectivity index (χ2n) is 6.40. The highest BCUT2D eigenvalue weighted by Gasteiger charge is 2.34. The van der Waals surface area contributed by atoms with Gasteiger partial charge in [-0.2, -0.15) is 13.2 Å². The molecule has 0 N–H and O–H groups in total. The minimum atomic E-state index is -4.63. The number of aryl methyl sites for hydroxylation is 2. The third kappa shape index (κ3) is 5.85. The van der Waals surface area contributed by atoms with Gasteiger partial charge in [-0.05, 0) is 90.1 Å². The van der Waals surface area contributed by atoms with Crippen molar-refractivity contribution in [3.63, 3.8) is 0 Å². The number of benzene rings is 2. The molecule has 144 valence electrons. The third-order valence-corrected chi connectivity index (χ3v) is 6.26. The van der Waals surface area contributed by atoms with Gasteiger partial charge >= 0.3 is 6.18 Å². The van der Waals surface area contributed by atoms with Crippen molar-refractivity contribution in [2.45, 2.75) is 33.4 Å². The molecular formula is C21H19F4IS. The first-order valence-electron chi connectivity index (χ1n) is 8.13. The third-order valence-electron chi connectivity index (χ3n) is 4.08. The molecule has 0 aliphatic rings. The zero-order chi connectivity index (χ0) is 20.4. The van der Waals surface area contributed by atoms with Crippen LogP contribution in [0.25, 0.3) is 4.91 Å². The fourth-order valence-corrected chi connectivity index (χ4v) is 3.96. The molecule has 0 fully saturated rings. The van der Waals surface area contributed by atoms with Crippen LogP contribution in [0, 0.1) is 23.2 Å². The number of thioether (sulfide) groups is 1. The Labute approximate surface area is 174 Å². The van der Waals surface area contributed by atoms with Gasteiger partial charge in [0, 0.05) is 14.0 Å². The van der Waals surface area contributed by atoms with Crippen LogP contribution in [-0.2, 0) is 12.6 Å². The van der Waals surface area contributed by atoms with Crippen molar-refractivity contribution in [2.75, 3.05) is 0 Å². The van der Waals surface area contributed by atoms with E-state index >= 15 is 0 Å². The van der Waals surface area contributed by atoms with Gasteiger partial charge < -0.3 is 0 Å². The van der Waals surface area contributed by atoms with Crippen molar-refractivity contribution in [3.05, 3.63) is 85.1 Å². The van der Waals surface area contributed by atoms with Gasteiger partial charge in [0.2, 0.25) is 0 Å². The molecule has 0 amide bonds. The Morgan fingerprint density at radius 2 is 1.81 bits per heavy atom. The fraction of sp³-hybridized carbons (Fsp3) is 0.238. The molecule has 27 heavy (non-hydrogen) atoms. The summed E-state index contributed by atoms with van der Waals surface area (Å²) >= 11 is 3.42. The van der Waals surface area contributed by atoms with Crippen LogP contribution in [-0.4, -0.2) is 0 Å². The standard InChI is InChI=1S/C21H19F4IS/c1-12(7-16-8-14(3)20(26)9-13(16)2)11-27-15(4)18-6-5-17(22)10-19(18)21(23,24)25/h5-6,8-11H,4,7H2,1-3H3/b12-11+. The second kappa shape index (κ2) is 8.82. The van der Waals surface area contributed by atoms with Gasteiger partial charge in [0.25, 0.3) is 0 Å². The van der Waals surface area contributed by atoms with E-state index in [1.807, 2.05) is 20.8 Å². The number of allylic oxidation sites excluding steroid dienone is 1. The first-order valence-corrected chi connectivity index (χ1v) is 10.1. The lowest BCUT2D eigenvalue weighted by Crippen LogP contribution is -2.08. The molecule has 0 aliphatic heterocycles. The average Bonchev–Trinajstić information content (AvgIpc) is 2.56. The molecule has 0 saturated heterocycles. The largest absolute Gasteiger partial charge is 0.417 e. The Morgan fingerprint density at radius 1 is 1.15 bits per heavy atom. The van der Waals surface area contributed by atoms with Gasteiger partial charge in [0.05, 0.1) is 5.56 Å². The molecule has 2 rings (SSSR count). The van der Waals surface area contributed by atoms with Gasteiger partial charge in [-0.25, -0.2) is 4.39 Å². The Bertz CT molecular complexity index is 898. The molecule has 0 bridgehead atoms. The lowest BCUT2D eigenvalue weighted by molar-refractivity contribution is -0.137. The van der Waals surface area contributed by atoms with Crippen LogP contribution >= 0.6 is 34.4 Å². The van der Waals surface area contributed by atoms with Crippen LogP contribution in [0.2, 0.25) is 0 Å². The average molecular weight is 506 g/mol. The molecule has 2 aromatic carbocycles. The Morgan fingerprint density at radius 3 is 2.44 bits per heavy atom. The van der Waals surface area contributed by atoms with E-state index in [-0.39, 0.29) is 10.5 Å². The van der Waals surface area contributed by atoms with E-state index < -0.39 is 17.6 Å². The molecule has 0 heterocycles. The Balaban J connectivity index is 2.19. The molecule has 0 aliphatic carbocycles. The van der Waals surface area contributed by atoms with Crippen molar-refractivity contribution in [2.24, 2.45) is 0 Å². The van der Waals surface area contributed by atoms with Crippen LogP contribution in [0.4, 0.5) is 17.6 Å². The van der Waals surface area contributed by atoms with Crippen molar-refractivity contribution in [1.29, 1.82) is 0 Å². The lowest BCUT2D eigenvalue weighted by atomic mass is 10.00. The molecule has 6 heteroatoms. The summed E-state index contributed by atoms with van der Waals surface area (Å²) in [7, 11) is 0. The Kier molecular flexibility index (Phi) is 7.19. The maximum atomic E-state index is 13.2. The summed E-state index contributed by atoms with van der Waals surface area (Å²) in [6.45, 7) is 9.77. The second-order valence-corrected chi connectivity index (χ2v) is 8.52. The highest BCUT2D eigenvalue weighted by Crippen LogP contribution is 2.39. The molecule has 0 unspecified atom stereocenters. The van der Waals surface area contributed by atoms with E-state index in [1.54, 1.807) is 5.41 Å². The highest BCUT2D eigenvalue weighted by molar-refractivity contribution is 14.1. The predicted molar refractivity (Wildman–Crippen MR) is 114 cm³/mol. The van der Waals surface area contributed by atoms with E-state index in [2.05, 4.69) is 41.3 Å². The monoisotopic (exact) mass is 506 g/mol. The van der Waals surface area contributed by atoms with Gasteiger partial charge in [0.15, 0.2) is 0 Å². The fourth-order valence-electron chi connectivity index (χ4n) is 2.60. The number of hydrogen-bond acceptors (Lipinski definition) is 1. The zero-order valence-corrected chi connectivity index (χ0v) is 18.2. The maximum Gasteiger partial charge on any atom is 0.417 e. The van der Waals surface area contributed by atoms with Crippen LogP contribution < -0.4 is 0 Å². The van der Waals surface area contributed by atoms with Gasteiger partial charge in [-0.1, -0.05) is 36.0 Å². The predicted octanol–water partition coefficient (Wildman–Crippen LogP) is 7.92. The quantitative estimate of drug-likeness (QED) is 0.293. The molecule has 0 aromatic heterocycles. The maximum absolute atomic E-state index is 13.2. The molecule has 0 spiro atoms. The van der Waals surface area contributed by atoms with Crippen LogP contribution in [0.15, 0.2) is 47.9 Å². The van der Waals surface area contributed by atoms with E-state index in [4.69, 9.17) is 0 Å². The highest BCUT2D eigenvalue weighted by atomic mass is 127. The zero-order valence-electron chi connectivity index (χ0n) is 15.2. The summed E-state index contributed by atoms with van der Waals surface area (Å²) in [5.74, 6) is -0.917. The molecule has 0 nitrogen and oxygen atoms in total. The summed E-state index contributed by atoms with van der Waals surface area (Å²) in [5, 5.41) is 1.80. The first kappa shape index (κ1) is 22.0. The van der Waals surface area contributed by atoms with Crippen molar-refractivity contribution >= 4 is 39.3 Å². The van der Waals surface area contributed by atoms with Crippen LogP contribution in [0.1, 0.15) is 34.7 Å². The number of rotatable bonds is 5. The van der Waals surface area contributed by atoms with Crippen LogP contribution in [0.5, 0.6) is 0 Å². The van der Waals surface area contributed by atoms with E-state index in [1.165, 1.54) is 20.3 Å². The normalized spacial score (nSPS) is 12.4. The van der Waals surface area contributed by atoms with E-state index in [0.717, 1.165) is 29.5 Å². The molecule has 0 radical (unpaired) electrons. The smallest absolute Gasteiger partial charge is 0.207 e. The molecule has 2 aromatic rings. The minimum absolute atomic E-state index is 0.0979.